The lowest BCUT2D eigenvalue weighted by atomic mass is 10.2. The first-order valence-corrected chi connectivity index (χ1v) is 8.32. The van der Waals surface area contributed by atoms with Crippen molar-refractivity contribution in [1.29, 1.82) is 5.26 Å². The monoisotopic (exact) mass is 359 g/mol. The molecular formula is C20H17N5O2. The molecule has 0 aliphatic rings. The van der Waals surface area contributed by atoms with Crippen molar-refractivity contribution in [3.05, 3.63) is 72.2 Å². The lowest BCUT2D eigenvalue weighted by molar-refractivity contribution is 0.102. The Hall–Kier alpha value is -3.92. The van der Waals surface area contributed by atoms with E-state index in [1.54, 1.807) is 42.5 Å². The molecular weight excluding hydrogens is 342 g/mol. The maximum Gasteiger partial charge on any atom is 0.274 e. The highest BCUT2D eigenvalue weighted by atomic mass is 16.5. The molecule has 0 fully saturated rings. The molecule has 3 rings (SSSR count). The fourth-order valence-electron chi connectivity index (χ4n) is 2.36. The van der Waals surface area contributed by atoms with Crippen molar-refractivity contribution >= 4 is 23.1 Å². The maximum atomic E-state index is 12.5. The van der Waals surface area contributed by atoms with Gasteiger partial charge in [-0.25, -0.2) is 9.97 Å². The molecule has 0 aliphatic carbocycles. The van der Waals surface area contributed by atoms with Crippen LogP contribution in [0.15, 0.2) is 60.9 Å². The third-order valence-electron chi connectivity index (χ3n) is 3.62. The normalized spacial score (nSPS) is 9.93. The third-order valence-corrected chi connectivity index (χ3v) is 3.62. The predicted octanol–water partition coefficient (Wildman–Crippen LogP) is 3.74. The SMILES string of the molecule is CCOc1ccccc1NC(=O)c1cc(Nc2ccc(C#N)cc2)ncn1. The Morgan fingerprint density at radius 3 is 2.67 bits per heavy atom. The van der Waals surface area contributed by atoms with E-state index in [4.69, 9.17) is 10.00 Å². The average molecular weight is 359 g/mol. The van der Waals surface area contributed by atoms with Gasteiger partial charge in [0.25, 0.3) is 5.91 Å². The van der Waals surface area contributed by atoms with Crippen LogP contribution < -0.4 is 15.4 Å². The lowest BCUT2D eigenvalue weighted by Gasteiger charge is -2.11. The van der Waals surface area contributed by atoms with Crippen LogP contribution in [0.25, 0.3) is 0 Å². The molecule has 0 saturated carbocycles. The zero-order chi connectivity index (χ0) is 19.1. The van der Waals surface area contributed by atoms with Crippen molar-refractivity contribution in [3.63, 3.8) is 0 Å². The van der Waals surface area contributed by atoms with E-state index in [1.807, 2.05) is 19.1 Å². The van der Waals surface area contributed by atoms with Crippen LogP contribution in [0.5, 0.6) is 5.75 Å². The fourth-order valence-corrected chi connectivity index (χ4v) is 2.36. The zero-order valence-corrected chi connectivity index (χ0v) is 14.6. The largest absolute Gasteiger partial charge is 0.492 e. The predicted molar refractivity (Wildman–Crippen MR) is 102 cm³/mol. The van der Waals surface area contributed by atoms with Gasteiger partial charge in [0.15, 0.2) is 0 Å². The van der Waals surface area contributed by atoms with Gasteiger partial charge in [-0.05, 0) is 43.3 Å². The van der Waals surface area contributed by atoms with Crippen molar-refractivity contribution in [2.45, 2.75) is 6.92 Å². The number of ether oxygens (including phenoxy) is 1. The number of nitrogens with one attached hydrogen (secondary N) is 2. The summed E-state index contributed by atoms with van der Waals surface area (Å²) in [5, 5.41) is 14.7. The Labute approximate surface area is 156 Å². The molecule has 0 aliphatic heterocycles. The van der Waals surface area contributed by atoms with Gasteiger partial charge in [-0.2, -0.15) is 5.26 Å². The van der Waals surface area contributed by atoms with Gasteiger partial charge >= 0.3 is 0 Å². The number of carbonyl (C=O) groups excluding carboxylic acids is 1. The van der Waals surface area contributed by atoms with Crippen LogP contribution in [0.2, 0.25) is 0 Å². The smallest absolute Gasteiger partial charge is 0.274 e. The number of nitrogens with zero attached hydrogens (tertiary/aromatic N) is 3. The average Bonchev–Trinajstić information content (AvgIpc) is 2.70. The number of benzene rings is 2. The van der Waals surface area contributed by atoms with Gasteiger partial charge in [0.1, 0.15) is 23.6 Å². The van der Waals surface area contributed by atoms with Gasteiger partial charge in [0, 0.05) is 11.8 Å². The minimum absolute atomic E-state index is 0.215. The number of rotatable bonds is 6. The number of carbonyl (C=O) groups is 1. The Morgan fingerprint density at radius 1 is 1.15 bits per heavy atom. The van der Waals surface area contributed by atoms with Gasteiger partial charge in [-0.1, -0.05) is 12.1 Å². The summed E-state index contributed by atoms with van der Waals surface area (Å²) in [4.78, 5) is 20.7. The summed E-state index contributed by atoms with van der Waals surface area (Å²) < 4.78 is 5.51. The van der Waals surface area contributed by atoms with Crippen LogP contribution in [0, 0.1) is 11.3 Å². The summed E-state index contributed by atoms with van der Waals surface area (Å²) >= 11 is 0. The van der Waals surface area contributed by atoms with Gasteiger partial charge in [0.2, 0.25) is 0 Å². The lowest BCUT2D eigenvalue weighted by Crippen LogP contribution is -2.15. The van der Waals surface area contributed by atoms with E-state index < -0.39 is 0 Å². The fraction of sp³-hybridized carbons (Fsp3) is 0.100. The van der Waals surface area contributed by atoms with Crippen LogP contribution in [-0.2, 0) is 0 Å². The number of amides is 1. The van der Waals surface area contributed by atoms with Crippen LogP contribution in [0.3, 0.4) is 0 Å². The minimum Gasteiger partial charge on any atom is -0.492 e. The molecule has 27 heavy (non-hydrogen) atoms. The van der Waals surface area contributed by atoms with E-state index in [-0.39, 0.29) is 11.6 Å². The first-order valence-electron chi connectivity index (χ1n) is 8.32. The molecule has 1 heterocycles. The minimum atomic E-state index is -0.368. The Morgan fingerprint density at radius 2 is 1.93 bits per heavy atom. The van der Waals surface area contributed by atoms with Crippen molar-refractivity contribution in [3.8, 4) is 11.8 Å². The molecule has 2 aromatic carbocycles. The summed E-state index contributed by atoms with van der Waals surface area (Å²) in [5.74, 6) is 0.698. The third kappa shape index (κ3) is 4.58. The molecule has 3 aromatic rings. The summed E-state index contributed by atoms with van der Waals surface area (Å²) in [6.45, 7) is 2.38. The summed E-state index contributed by atoms with van der Waals surface area (Å²) in [6, 6.07) is 17.7. The molecule has 0 bridgehead atoms. The molecule has 0 spiro atoms. The summed E-state index contributed by atoms with van der Waals surface area (Å²) in [6.07, 6.45) is 1.31. The standard InChI is InChI=1S/C20H17N5O2/c1-2-27-18-6-4-3-5-16(18)25-20(26)17-11-19(23-13-22-17)24-15-9-7-14(12-21)8-10-15/h3-11,13H,2H2,1H3,(H,25,26)(H,22,23,24). The molecule has 0 saturated heterocycles. The zero-order valence-electron chi connectivity index (χ0n) is 14.6. The highest BCUT2D eigenvalue weighted by Gasteiger charge is 2.12. The number of hydrogen-bond acceptors (Lipinski definition) is 6. The first kappa shape index (κ1) is 17.9. The van der Waals surface area contributed by atoms with E-state index in [0.29, 0.717) is 29.4 Å². The van der Waals surface area contributed by atoms with Crippen molar-refractivity contribution in [2.24, 2.45) is 0 Å². The molecule has 1 aromatic heterocycles. The van der Waals surface area contributed by atoms with Gasteiger partial charge < -0.3 is 15.4 Å². The number of hydrogen-bond donors (Lipinski definition) is 2. The van der Waals surface area contributed by atoms with Crippen molar-refractivity contribution < 1.29 is 9.53 Å². The number of nitriles is 1. The maximum absolute atomic E-state index is 12.5. The topological polar surface area (TPSA) is 99.9 Å². The molecule has 0 unspecified atom stereocenters. The highest BCUT2D eigenvalue weighted by molar-refractivity contribution is 6.04. The second-order valence-corrected chi connectivity index (χ2v) is 5.49. The van der Waals surface area contributed by atoms with Crippen LogP contribution in [-0.4, -0.2) is 22.5 Å². The number of para-hydroxylation sites is 2. The Bertz CT molecular complexity index is 980. The van der Waals surface area contributed by atoms with Gasteiger partial charge in [-0.15, -0.1) is 0 Å². The van der Waals surface area contributed by atoms with E-state index in [2.05, 4.69) is 26.7 Å². The second kappa shape index (κ2) is 8.45. The second-order valence-electron chi connectivity index (χ2n) is 5.49. The number of anilines is 3. The Kier molecular flexibility index (Phi) is 5.60. The van der Waals surface area contributed by atoms with E-state index in [0.717, 1.165) is 5.69 Å². The van der Waals surface area contributed by atoms with Crippen molar-refractivity contribution in [2.75, 3.05) is 17.2 Å². The molecule has 7 nitrogen and oxygen atoms in total. The summed E-state index contributed by atoms with van der Waals surface area (Å²) in [5.41, 5.74) is 2.11. The quantitative estimate of drug-likeness (QED) is 0.695. The summed E-state index contributed by atoms with van der Waals surface area (Å²) in [7, 11) is 0. The van der Waals surface area contributed by atoms with Crippen LogP contribution >= 0.6 is 0 Å². The van der Waals surface area contributed by atoms with E-state index >= 15 is 0 Å². The molecule has 7 heteroatoms. The highest BCUT2D eigenvalue weighted by Crippen LogP contribution is 2.24. The molecule has 0 atom stereocenters. The van der Waals surface area contributed by atoms with Gasteiger partial charge in [-0.3, -0.25) is 4.79 Å². The van der Waals surface area contributed by atoms with Crippen LogP contribution in [0.4, 0.5) is 17.2 Å². The Balaban J connectivity index is 1.74. The first-order chi connectivity index (χ1) is 13.2. The van der Waals surface area contributed by atoms with Crippen molar-refractivity contribution in [1.82, 2.24) is 9.97 Å². The number of aromatic nitrogens is 2. The van der Waals surface area contributed by atoms with Crippen LogP contribution in [0.1, 0.15) is 23.0 Å². The van der Waals surface area contributed by atoms with Gasteiger partial charge in [0.05, 0.1) is 23.9 Å². The molecule has 0 radical (unpaired) electrons. The molecule has 1 amide bonds. The van der Waals surface area contributed by atoms with E-state index in [9.17, 15) is 4.79 Å². The van der Waals surface area contributed by atoms with E-state index in [1.165, 1.54) is 6.33 Å². The molecule has 134 valence electrons. The molecule has 2 N–H and O–H groups in total.